The number of carbonyl (C=O) groups is 4. The molecule has 0 fully saturated rings. The Labute approximate surface area is 547 Å². The van der Waals surface area contributed by atoms with E-state index in [-0.39, 0.29) is 0 Å². The highest BCUT2D eigenvalue weighted by molar-refractivity contribution is 6.30. The van der Waals surface area contributed by atoms with Gasteiger partial charge in [-0.15, -0.1) is 0 Å². The zero-order valence-corrected chi connectivity index (χ0v) is 52.2. The smallest absolute Gasteiger partial charge is 0.349 e. The van der Waals surface area contributed by atoms with Crippen LogP contribution in [0.5, 0.6) is 28.7 Å². The lowest BCUT2D eigenvalue weighted by molar-refractivity contribution is -0.146. The average Bonchev–Trinajstić information content (AvgIpc) is 1.59. The maximum Gasteiger partial charge on any atom is 0.349 e. The third-order valence-corrected chi connectivity index (χ3v) is 14.6. The molecule has 94 heavy (non-hydrogen) atoms. The number of ether oxygens (including phenoxy) is 5. The third-order valence-electron chi connectivity index (χ3n) is 14.3. The van der Waals surface area contributed by atoms with Gasteiger partial charge in [0.1, 0.15) is 23.0 Å². The maximum atomic E-state index is 11.7. The first-order valence-electron chi connectivity index (χ1n) is 29.4. The second-order valence-electron chi connectivity index (χ2n) is 21.1. The van der Waals surface area contributed by atoms with Crippen LogP contribution in [0.4, 0.5) is 0 Å². The number of aromatic nitrogens is 5. The number of carboxylic acid groups (broad SMARTS) is 4. The van der Waals surface area contributed by atoms with Crippen molar-refractivity contribution in [2.24, 2.45) is 0 Å². The molecule has 0 aliphatic carbocycles. The molecular weight excluding hydrogens is 1210 g/mol. The highest BCUT2D eigenvalue weighted by atomic mass is 35.5. The van der Waals surface area contributed by atoms with E-state index in [1.54, 1.807) is 121 Å². The van der Waals surface area contributed by atoms with Gasteiger partial charge in [-0.2, -0.15) is 0 Å². The molecule has 19 heteroatoms. The van der Waals surface area contributed by atoms with E-state index in [9.17, 15) is 39.6 Å². The average molecular weight is 1280 g/mol. The Bertz CT molecular complexity index is 4220. The summed E-state index contributed by atoms with van der Waals surface area (Å²) in [5.74, 6) is -1.10. The third kappa shape index (κ3) is 17.7. The number of hydrogen-bond acceptors (Lipinski definition) is 10. The molecule has 5 aromatic heterocycles. The van der Waals surface area contributed by atoms with Crippen LogP contribution in [-0.4, -0.2) is 74.7 Å². The summed E-state index contributed by atoms with van der Waals surface area (Å²) in [5, 5.41) is 38.8. The van der Waals surface area contributed by atoms with E-state index in [1.807, 2.05) is 205 Å². The van der Waals surface area contributed by atoms with Gasteiger partial charge in [0.15, 0.2) is 11.6 Å². The van der Waals surface area contributed by atoms with E-state index in [4.69, 9.17) is 35.3 Å². The quantitative estimate of drug-likeness (QED) is 0.0525. The van der Waals surface area contributed by atoms with Crippen molar-refractivity contribution in [2.75, 3.05) is 7.11 Å². The normalized spacial score (nSPS) is 11.8. The molecular formula is C75H66ClN5O13. The Hall–Kier alpha value is -12.0. The lowest BCUT2D eigenvalue weighted by Gasteiger charge is -2.19. The predicted octanol–water partition coefficient (Wildman–Crippen LogP) is 15.7. The van der Waals surface area contributed by atoms with Crippen LogP contribution in [0.25, 0.3) is 22.9 Å². The van der Waals surface area contributed by atoms with Gasteiger partial charge in [0, 0.05) is 83.0 Å². The maximum absolute atomic E-state index is 11.7. The fourth-order valence-electron chi connectivity index (χ4n) is 9.52. The van der Waals surface area contributed by atoms with Crippen LogP contribution in [-0.2, 0) is 19.2 Å². The fourth-order valence-corrected chi connectivity index (χ4v) is 9.68. The highest BCUT2D eigenvalue weighted by Crippen LogP contribution is 2.34. The van der Waals surface area contributed by atoms with Crippen LogP contribution in [0.1, 0.15) is 63.4 Å². The summed E-state index contributed by atoms with van der Waals surface area (Å²) in [5.41, 5.74) is 7.83. The summed E-state index contributed by atoms with van der Waals surface area (Å²) in [7, 11) is 1.55. The van der Waals surface area contributed by atoms with Gasteiger partial charge in [-0.25, -0.2) is 24.2 Å². The number of rotatable bonds is 21. The SMILES string of the molecule is COc1ccc(C(Oc2cccnc2-n2cccc2)C(=O)O)cc1.Cc1ccc(C(Oc2ccc(Cl)cc2-n2cccc2)C(=O)O)cc1.Cc1ccc(C(Oc2ccccc2-n2cccc2)C(=O)O)cc1.Cc1ccc(C(Oc2ccccc2-n2cccc2)C(=O)O)cc1. The number of aliphatic carboxylic acids is 4. The lowest BCUT2D eigenvalue weighted by atomic mass is 10.1. The van der Waals surface area contributed by atoms with Crippen molar-refractivity contribution in [1.82, 2.24) is 23.3 Å². The van der Waals surface area contributed by atoms with E-state index >= 15 is 0 Å². The molecule has 4 atom stereocenters. The Morgan fingerprint density at radius 3 is 1.03 bits per heavy atom. The number of benzene rings is 7. The number of aryl methyl sites for hydroxylation is 3. The van der Waals surface area contributed by atoms with Gasteiger partial charge in [0.2, 0.25) is 24.4 Å². The number of para-hydroxylation sites is 4. The van der Waals surface area contributed by atoms with Crippen LogP contribution < -0.4 is 23.7 Å². The number of hydrogen-bond donors (Lipinski definition) is 4. The highest BCUT2D eigenvalue weighted by Gasteiger charge is 2.27. The molecule has 5 heterocycles. The summed E-state index contributed by atoms with van der Waals surface area (Å²) in [6, 6.07) is 67.0. The molecule has 0 saturated heterocycles. The standard InChI is InChI=1S/C19H16ClNO3.2C19H17NO3.C18H16N2O4/c1-13-4-6-14(7-5-13)18(19(22)23)24-17-9-8-15(20)12-16(17)21-10-2-3-11-21;2*1-14-8-10-15(11-9-14)18(19(21)22)23-17-7-3-2-6-16(17)20-12-4-5-13-20;1-23-14-8-6-13(7-9-14)16(18(21)22)24-15-5-4-10-19-17(15)20-11-2-3-12-20/h2-12,18H,1H3,(H,22,23);2*2-13,18H,1H3,(H,21,22);2-12,16H,1H3,(H,21,22). The number of pyridine rings is 1. The van der Waals surface area contributed by atoms with Crippen molar-refractivity contribution < 1.29 is 63.3 Å². The minimum absolute atomic E-state index is 0.386. The molecule has 12 aromatic rings. The predicted molar refractivity (Wildman–Crippen MR) is 356 cm³/mol. The number of carboxylic acids is 4. The molecule has 7 aromatic carbocycles. The first kappa shape index (κ1) is 66.4. The number of nitrogens with zero attached hydrogens (tertiary/aromatic N) is 5. The Kier molecular flexibility index (Phi) is 22.7. The van der Waals surface area contributed by atoms with Crippen LogP contribution in [0.3, 0.4) is 0 Å². The van der Waals surface area contributed by atoms with E-state index in [1.165, 1.54) is 0 Å². The fraction of sp³-hybridized carbons (Fsp3) is 0.107. The first-order chi connectivity index (χ1) is 45.5. The zero-order chi connectivity index (χ0) is 66.5. The van der Waals surface area contributed by atoms with Crippen molar-refractivity contribution in [2.45, 2.75) is 45.2 Å². The van der Waals surface area contributed by atoms with E-state index in [0.717, 1.165) is 28.1 Å². The van der Waals surface area contributed by atoms with Crippen molar-refractivity contribution in [3.05, 3.63) is 324 Å². The van der Waals surface area contributed by atoms with Crippen LogP contribution in [0.15, 0.2) is 280 Å². The Balaban J connectivity index is 0.000000148. The van der Waals surface area contributed by atoms with Crippen LogP contribution in [0, 0.1) is 20.8 Å². The van der Waals surface area contributed by atoms with Gasteiger partial charge in [-0.05, 0) is 136 Å². The molecule has 0 amide bonds. The van der Waals surface area contributed by atoms with Crippen molar-refractivity contribution >= 4 is 35.5 Å². The molecule has 4 N–H and O–H groups in total. The molecule has 12 rings (SSSR count). The Morgan fingerprint density at radius 2 is 0.670 bits per heavy atom. The molecule has 0 aliphatic heterocycles. The second-order valence-corrected chi connectivity index (χ2v) is 21.5. The van der Waals surface area contributed by atoms with E-state index in [2.05, 4.69) is 4.98 Å². The summed E-state index contributed by atoms with van der Waals surface area (Å²) >= 11 is 6.08. The molecule has 18 nitrogen and oxygen atoms in total. The Morgan fingerprint density at radius 1 is 0.362 bits per heavy atom. The summed E-state index contributed by atoms with van der Waals surface area (Å²) in [4.78, 5) is 51.0. The zero-order valence-electron chi connectivity index (χ0n) is 51.4. The van der Waals surface area contributed by atoms with Crippen LogP contribution in [0.2, 0.25) is 5.02 Å². The number of methoxy groups -OCH3 is 1. The largest absolute Gasteiger partial charge is 0.497 e. The number of halogens is 1. The van der Waals surface area contributed by atoms with Gasteiger partial charge < -0.3 is 62.4 Å². The summed E-state index contributed by atoms with van der Waals surface area (Å²) in [6.07, 6.45) is 12.2. The molecule has 476 valence electrons. The first-order valence-corrected chi connectivity index (χ1v) is 29.8. The molecule has 0 spiro atoms. The van der Waals surface area contributed by atoms with E-state index < -0.39 is 48.3 Å². The molecule has 4 unspecified atom stereocenters. The minimum atomic E-state index is -1.14. The molecule has 0 radical (unpaired) electrons. The summed E-state index contributed by atoms with van der Waals surface area (Å²) in [6.45, 7) is 5.87. The van der Waals surface area contributed by atoms with E-state index in [0.29, 0.717) is 67.5 Å². The van der Waals surface area contributed by atoms with Crippen molar-refractivity contribution in [3.8, 4) is 51.6 Å². The second kappa shape index (κ2) is 32.1. The van der Waals surface area contributed by atoms with Gasteiger partial charge in [-0.3, -0.25) is 0 Å². The minimum Gasteiger partial charge on any atom is -0.497 e. The summed E-state index contributed by atoms with van der Waals surface area (Å²) < 4.78 is 35.7. The van der Waals surface area contributed by atoms with Gasteiger partial charge in [0.25, 0.3) is 0 Å². The topological polar surface area (TPSA) is 228 Å². The lowest BCUT2D eigenvalue weighted by Crippen LogP contribution is -2.19. The molecule has 0 bridgehead atoms. The molecule has 0 aliphatic rings. The van der Waals surface area contributed by atoms with Crippen LogP contribution >= 0.6 is 11.6 Å². The van der Waals surface area contributed by atoms with Crippen molar-refractivity contribution in [3.63, 3.8) is 0 Å². The van der Waals surface area contributed by atoms with Gasteiger partial charge >= 0.3 is 23.9 Å². The van der Waals surface area contributed by atoms with Gasteiger partial charge in [-0.1, -0.05) is 137 Å². The van der Waals surface area contributed by atoms with Gasteiger partial charge in [0.05, 0.1) is 24.2 Å². The molecule has 0 saturated carbocycles. The van der Waals surface area contributed by atoms with Crippen molar-refractivity contribution in [1.29, 1.82) is 0 Å². The monoisotopic (exact) mass is 1280 g/mol.